The van der Waals surface area contributed by atoms with Crippen molar-refractivity contribution in [2.45, 2.75) is 90.6 Å². The first-order chi connectivity index (χ1) is 13.2. The standard InChI is InChI=1S/C20H44O6Si3/c1-10-11-14-27(4,5)25-29(8,9)26-28(6,7)15-12-13-23-16-19(21)17-24-20(22)18(2)3/h19,21H,2,10-17H2,1,3-9H3. The van der Waals surface area contributed by atoms with E-state index in [9.17, 15) is 9.90 Å². The van der Waals surface area contributed by atoms with Gasteiger partial charge in [-0.05, 0) is 64.7 Å². The third kappa shape index (κ3) is 15.2. The van der Waals surface area contributed by atoms with Crippen molar-refractivity contribution < 1.29 is 27.6 Å². The molecule has 0 bridgehead atoms. The summed E-state index contributed by atoms with van der Waals surface area (Å²) < 4.78 is 23.6. The normalized spacial score (nSPS) is 14.0. The molecule has 1 N–H and O–H groups in total. The summed E-state index contributed by atoms with van der Waals surface area (Å²) in [6.07, 6.45) is 2.47. The van der Waals surface area contributed by atoms with Crippen LogP contribution in [0.4, 0.5) is 0 Å². The maximum absolute atomic E-state index is 11.3. The first-order valence-corrected chi connectivity index (χ1v) is 19.7. The highest BCUT2D eigenvalue weighted by atomic mass is 28.5. The first kappa shape index (κ1) is 28.7. The fourth-order valence-electron chi connectivity index (χ4n) is 3.22. The molecule has 0 aliphatic rings. The number of carbonyl (C=O) groups is 1. The minimum Gasteiger partial charge on any atom is -0.460 e. The van der Waals surface area contributed by atoms with Gasteiger partial charge in [0, 0.05) is 12.2 Å². The Balaban J connectivity index is 4.19. The summed E-state index contributed by atoms with van der Waals surface area (Å²) in [5, 5.41) is 9.81. The molecule has 0 radical (unpaired) electrons. The molecule has 0 amide bonds. The maximum atomic E-state index is 11.3. The zero-order valence-electron chi connectivity index (χ0n) is 19.9. The molecule has 0 saturated carbocycles. The van der Waals surface area contributed by atoms with Crippen molar-refractivity contribution in [2.75, 3.05) is 19.8 Å². The summed E-state index contributed by atoms with van der Waals surface area (Å²) in [7, 11) is -5.68. The number of unbranched alkanes of at least 4 members (excludes halogenated alkanes) is 1. The summed E-state index contributed by atoms with van der Waals surface area (Å²) in [5.41, 5.74) is 0.317. The van der Waals surface area contributed by atoms with Gasteiger partial charge in [0.1, 0.15) is 12.7 Å². The SMILES string of the molecule is C=C(C)C(=O)OCC(O)COCCC[Si](C)(C)O[Si](C)(C)O[Si](C)(C)CCCC. The fourth-order valence-corrected chi connectivity index (χ4v) is 17.4. The molecule has 0 aliphatic carbocycles. The van der Waals surface area contributed by atoms with E-state index in [1.165, 1.54) is 18.9 Å². The molecule has 1 atom stereocenters. The van der Waals surface area contributed by atoms with E-state index in [1.807, 2.05) is 0 Å². The van der Waals surface area contributed by atoms with E-state index >= 15 is 0 Å². The molecule has 0 fully saturated rings. The minimum atomic E-state index is -2.15. The minimum absolute atomic E-state index is 0.0795. The van der Waals surface area contributed by atoms with Gasteiger partial charge >= 0.3 is 14.5 Å². The topological polar surface area (TPSA) is 74.2 Å². The Kier molecular flexibility index (Phi) is 13.0. The number of carbonyl (C=O) groups excluding carboxylic acids is 1. The second-order valence-corrected chi connectivity index (χ2v) is 21.9. The second kappa shape index (κ2) is 13.2. The molecule has 0 aromatic carbocycles. The Morgan fingerprint density at radius 3 is 1.97 bits per heavy atom. The molecule has 6 nitrogen and oxygen atoms in total. The van der Waals surface area contributed by atoms with Crippen LogP contribution in [0.3, 0.4) is 0 Å². The van der Waals surface area contributed by atoms with Crippen molar-refractivity contribution in [3.63, 3.8) is 0 Å². The van der Waals surface area contributed by atoms with Gasteiger partial charge in [0.05, 0.1) is 6.61 Å². The van der Waals surface area contributed by atoms with Crippen LogP contribution in [0, 0.1) is 0 Å². The van der Waals surface area contributed by atoms with Gasteiger partial charge in [-0.3, -0.25) is 0 Å². The number of hydrogen-bond acceptors (Lipinski definition) is 6. The average molecular weight is 465 g/mol. The summed E-state index contributed by atoms with van der Waals surface area (Å²) in [6.45, 7) is 21.3. The predicted molar refractivity (Wildman–Crippen MR) is 126 cm³/mol. The summed E-state index contributed by atoms with van der Waals surface area (Å²) in [5.74, 6) is -0.496. The molecular formula is C20H44O6Si3. The van der Waals surface area contributed by atoms with E-state index < -0.39 is 37.3 Å². The van der Waals surface area contributed by atoms with Crippen LogP contribution in [0.15, 0.2) is 12.2 Å². The van der Waals surface area contributed by atoms with E-state index in [4.69, 9.17) is 17.7 Å². The molecule has 9 heteroatoms. The zero-order valence-corrected chi connectivity index (χ0v) is 22.9. The summed E-state index contributed by atoms with van der Waals surface area (Å²) in [6, 6.07) is 2.16. The fraction of sp³-hybridized carbons (Fsp3) is 0.850. The van der Waals surface area contributed by atoms with Crippen molar-refractivity contribution in [3.05, 3.63) is 12.2 Å². The van der Waals surface area contributed by atoms with Crippen LogP contribution in [0.1, 0.15) is 33.1 Å². The van der Waals surface area contributed by atoms with Gasteiger partial charge in [0.25, 0.3) is 0 Å². The Morgan fingerprint density at radius 1 is 0.966 bits per heavy atom. The molecule has 172 valence electrons. The Hall–Kier alpha value is -0.299. The van der Waals surface area contributed by atoms with Crippen LogP contribution < -0.4 is 0 Å². The van der Waals surface area contributed by atoms with E-state index in [1.54, 1.807) is 6.92 Å². The average Bonchev–Trinajstić information content (AvgIpc) is 2.55. The van der Waals surface area contributed by atoms with Gasteiger partial charge in [-0.15, -0.1) is 0 Å². The second-order valence-electron chi connectivity index (χ2n) is 9.44. The maximum Gasteiger partial charge on any atom is 0.333 e. The highest BCUT2D eigenvalue weighted by molar-refractivity contribution is 6.87. The van der Waals surface area contributed by atoms with Crippen molar-refractivity contribution in [1.29, 1.82) is 0 Å². The molecule has 0 saturated heterocycles. The molecule has 0 spiro atoms. The van der Waals surface area contributed by atoms with Gasteiger partial charge in [-0.1, -0.05) is 26.3 Å². The highest BCUT2D eigenvalue weighted by Gasteiger charge is 2.39. The van der Waals surface area contributed by atoms with E-state index in [0.29, 0.717) is 12.2 Å². The van der Waals surface area contributed by atoms with Crippen LogP contribution in [0.5, 0.6) is 0 Å². The van der Waals surface area contributed by atoms with Crippen LogP contribution in [-0.2, 0) is 22.5 Å². The van der Waals surface area contributed by atoms with Gasteiger partial charge in [0.2, 0.25) is 0 Å². The molecule has 0 heterocycles. The Morgan fingerprint density at radius 2 is 1.48 bits per heavy atom. The molecule has 0 aliphatic heterocycles. The molecule has 0 rings (SSSR count). The lowest BCUT2D eigenvalue weighted by atomic mass is 10.3. The molecular weight excluding hydrogens is 420 g/mol. The number of aliphatic hydroxyl groups excluding tert-OH is 1. The van der Waals surface area contributed by atoms with Crippen molar-refractivity contribution >= 4 is 31.2 Å². The van der Waals surface area contributed by atoms with E-state index in [0.717, 1.165) is 12.5 Å². The third-order valence-electron chi connectivity index (χ3n) is 4.31. The third-order valence-corrected chi connectivity index (χ3v) is 15.8. The lowest BCUT2D eigenvalue weighted by Crippen LogP contribution is -2.52. The number of esters is 1. The van der Waals surface area contributed by atoms with Gasteiger partial charge in [0.15, 0.2) is 16.6 Å². The molecule has 0 aromatic rings. The largest absolute Gasteiger partial charge is 0.460 e. The van der Waals surface area contributed by atoms with Gasteiger partial charge < -0.3 is 22.8 Å². The van der Waals surface area contributed by atoms with Crippen LogP contribution >= 0.6 is 0 Å². The number of ether oxygens (including phenoxy) is 2. The smallest absolute Gasteiger partial charge is 0.333 e. The van der Waals surface area contributed by atoms with Gasteiger partial charge in [-0.2, -0.15) is 0 Å². The Bertz CT molecular complexity index is 508. The lowest BCUT2D eigenvalue weighted by Gasteiger charge is -2.38. The molecule has 0 aromatic heterocycles. The van der Waals surface area contributed by atoms with Gasteiger partial charge in [-0.25, -0.2) is 4.79 Å². The molecule has 29 heavy (non-hydrogen) atoms. The number of hydrogen-bond donors (Lipinski definition) is 1. The first-order valence-electron chi connectivity index (χ1n) is 10.7. The van der Waals surface area contributed by atoms with Crippen LogP contribution in [0.2, 0.25) is 51.4 Å². The molecule has 1 unspecified atom stereocenters. The predicted octanol–water partition coefficient (Wildman–Crippen LogP) is 4.82. The van der Waals surface area contributed by atoms with Crippen molar-refractivity contribution in [1.82, 2.24) is 0 Å². The quantitative estimate of drug-likeness (QED) is 0.153. The summed E-state index contributed by atoms with van der Waals surface area (Å²) in [4.78, 5) is 11.3. The highest BCUT2D eigenvalue weighted by Crippen LogP contribution is 2.26. The van der Waals surface area contributed by atoms with E-state index in [2.05, 4.69) is 52.8 Å². The Labute approximate surface area is 181 Å². The zero-order chi connectivity index (χ0) is 22.7. The number of aliphatic hydroxyl groups is 1. The lowest BCUT2D eigenvalue weighted by molar-refractivity contribution is -0.143. The van der Waals surface area contributed by atoms with Crippen LogP contribution in [-0.4, -0.2) is 62.2 Å². The monoisotopic (exact) mass is 464 g/mol. The van der Waals surface area contributed by atoms with E-state index in [-0.39, 0.29) is 13.2 Å². The van der Waals surface area contributed by atoms with Crippen molar-refractivity contribution in [3.8, 4) is 0 Å². The summed E-state index contributed by atoms with van der Waals surface area (Å²) >= 11 is 0. The van der Waals surface area contributed by atoms with Crippen LogP contribution in [0.25, 0.3) is 0 Å². The number of rotatable bonds is 16. The van der Waals surface area contributed by atoms with Crippen molar-refractivity contribution in [2.24, 2.45) is 0 Å².